The van der Waals surface area contributed by atoms with Gasteiger partial charge in [0.15, 0.2) is 0 Å². The summed E-state index contributed by atoms with van der Waals surface area (Å²) in [6.07, 6.45) is -3.04. The zero-order valence-electron chi connectivity index (χ0n) is 9.45. The maximum atomic E-state index is 12.6. The Kier molecular flexibility index (Phi) is 2.31. The largest absolute Gasteiger partial charge is 0.416 e. The average molecular weight is 267 g/mol. The van der Waals surface area contributed by atoms with Gasteiger partial charge in [-0.1, -0.05) is 11.2 Å². The summed E-state index contributed by atoms with van der Waals surface area (Å²) >= 11 is 0. The van der Waals surface area contributed by atoms with Crippen LogP contribution in [0, 0.1) is 0 Å². The monoisotopic (exact) mass is 267 g/mol. The SMILES string of the molecule is Nc1cnoc1-c1cc2ccc(C(F)(F)F)cc2[nH]1. The lowest BCUT2D eigenvalue weighted by molar-refractivity contribution is -0.137. The average Bonchev–Trinajstić information content (AvgIpc) is 2.91. The summed E-state index contributed by atoms with van der Waals surface area (Å²) in [6, 6.07) is 5.13. The van der Waals surface area contributed by atoms with Crippen LogP contribution in [0.2, 0.25) is 0 Å². The molecule has 3 rings (SSSR count). The Morgan fingerprint density at radius 2 is 2.00 bits per heavy atom. The van der Waals surface area contributed by atoms with Gasteiger partial charge in [0, 0.05) is 10.9 Å². The number of fused-ring (bicyclic) bond motifs is 1. The highest BCUT2D eigenvalue weighted by atomic mass is 19.4. The first-order chi connectivity index (χ1) is 8.95. The van der Waals surface area contributed by atoms with E-state index in [9.17, 15) is 13.2 Å². The van der Waals surface area contributed by atoms with Crippen LogP contribution >= 0.6 is 0 Å². The molecule has 0 aliphatic carbocycles. The van der Waals surface area contributed by atoms with E-state index in [2.05, 4.69) is 10.1 Å². The molecular formula is C12H8F3N3O. The van der Waals surface area contributed by atoms with E-state index in [0.717, 1.165) is 12.1 Å². The van der Waals surface area contributed by atoms with E-state index in [-0.39, 0.29) is 0 Å². The molecule has 3 aromatic rings. The summed E-state index contributed by atoms with van der Waals surface area (Å²) < 4.78 is 42.7. The zero-order valence-corrected chi connectivity index (χ0v) is 9.45. The van der Waals surface area contributed by atoms with Gasteiger partial charge in [0.25, 0.3) is 0 Å². The van der Waals surface area contributed by atoms with Crippen LogP contribution in [0.1, 0.15) is 5.56 Å². The van der Waals surface area contributed by atoms with Crippen molar-refractivity contribution >= 4 is 16.6 Å². The number of nitrogens with zero attached hydrogens (tertiary/aromatic N) is 1. The molecule has 1 aromatic carbocycles. The molecule has 0 amide bonds. The molecular weight excluding hydrogens is 259 g/mol. The Bertz CT molecular complexity index is 742. The second-order valence-corrected chi connectivity index (χ2v) is 4.09. The second kappa shape index (κ2) is 3.78. The first-order valence-corrected chi connectivity index (χ1v) is 5.35. The van der Waals surface area contributed by atoms with Crippen LogP contribution in [0.5, 0.6) is 0 Å². The van der Waals surface area contributed by atoms with Gasteiger partial charge in [-0.25, -0.2) is 0 Å². The third kappa shape index (κ3) is 1.92. The van der Waals surface area contributed by atoms with E-state index >= 15 is 0 Å². The number of H-pyrrole nitrogens is 1. The minimum absolute atomic E-state index is 0.310. The van der Waals surface area contributed by atoms with E-state index in [4.69, 9.17) is 10.3 Å². The number of alkyl halides is 3. The number of anilines is 1. The van der Waals surface area contributed by atoms with Crippen LogP contribution in [0.15, 0.2) is 35.0 Å². The molecule has 0 saturated heterocycles. The molecule has 4 nitrogen and oxygen atoms in total. The minimum Gasteiger partial charge on any atom is -0.394 e. The predicted molar refractivity (Wildman–Crippen MR) is 63.2 cm³/mol. The van der Waals surface area contributed by atoms with Gasteiger partial charge in [0.1, 0.15) is 5.69 Å². The lowest BCUT2D eigenvalue weighted by Gasteiger charge is -2.05. The smallest absolute Gasteiger partial charge is 0.394 e. The highest BCUT2D eigenvalue weighted by Gasteiger charge is 2.30. The summed E-state index contributed by atoms with van der Waals surface area (Å²) in [5, 5.41) is 4.16. The normalized spacial score (nSPS) is 12.2. The van der Waals surface area contributed by atoms with Crippen molar-refractivity contribution in [2.45, 2.75) is 6.18 Å². The zero-order chi connectivity index (χ0) is 13.6. The van der Waals surface area contributed by atoms with Gasteiger partial charge >= 0.3 is 6.18 Å². The molecule has 2 aromatic heterocycles. The number of halogens is 3. The Balaban J connectivity index is 2.14. The van der Waals surface area contributed by atoms with Gasteiger partial charge < -0.3 is 15.2 Å². The molecule has 98 valence electrons. The van der Waals surface area contributed by atoms with E-state index < -0.39 is 11.7 Å². The molecule has 0 fully saturated rings. The number of hydrogen-bond donors (Lipinski definition) is 2. The van der Waals surface area contributed by atoms with Crippen molar-refractivity contribution < 1.29 is 17.7 Å². The third-order valence-corrected chi connectivity index (χ3v) is 2.79. The fourth-order valence-corrected chi connectivity index (χ4v) is 1.88. The Morgan fingerprint density at radius 3 is 2.63 bits per heavy atom. The predicted octanol–water partition coefficient (Wildman–Crippen LogP) is 3.42. The number of nitrogens with one attached hydrogen (secondary N) is 1. The van der Waals surface area contributed by atoms with E-state index in [1.54, 1.807) is 6.07 Å². The lowest BCUT2D eigenvalue weighted by atomic mass is 10.1. The first kappa shape index (κ1) is 11.6. The van der Waals surface area contributed by atoms with Crippen molar-refractivity contribution in [2.24, 2.45) is 0 Å². The van der Waals surface area contributed by atoms with Gasteiger partial charge in [-0.3, -0.25) is 0 Å². The van der Waals surface area contributed by atoms with Gasteiger partial charge in [-0.15, -0.1) is 0 Å². The Labute approximate surface area is 105 Å². The topological polar surface area (TPSA) is 67.8 Å². The van der Waals surface area contributed by atoms with Crippen molar-refractivity contribution in [3.63, 3.8) is 0 Å². The highest BCUT2D eigenvalue weighted by molar-refractivity contribution is 5.87. The van der Waals surface area contributed by atoms with Crippen LogP contribution in [0.4, 0.5) is 18.9 Å². The van der Waals surface area contributed by atoms with Gasteiger partial charge in [-0.2, -0.15) is 13.2 Å². The minimum atomic E-state index is -4.37. The van der Waals surface area contributed by atoms with Crippen LogP contribution in [-0.2, 0) is 6.18 Å². The van der Waals surface area contributed by atoms with E-state index in [1.807, 2.05) is 0 Å². The second-order valence-electron chi connectivity index (χ2n) is 4.09. The van der Waals surface area contributed by atoms with E-state index in [0.29, 0.717) is 28.0 Å². The standard InChI is InChI=1S/C12H8F3N3O/c13-12(14,15)7-2-1-6-3-10(18-9(6)4-7)11-8(16)5-17-19-11/h1-5,18H,16H2. The van der Waals surface area contributed by atoms with Crippen molar-refractivity contribution in [3.8, 4) is 11.5 Å². The Hall–Kier alpha value is -2.44. The maximum absolute atomic E-state index is 12.6. The summed E-state index contributed by atoms with van der Waals surface area (Å²) in [5.74, 6) is 0.310. The van der Waals surface area contributed by atoms with Crippen LogP contribution in [-0.4, -0.2) is 10.1 Å². The molecule has 3 N–H and O–H groups in total. The third-order valence-electron chi connectivity index (χ3n) is 2.79. The fraction of sp³-hybridized carbons (Fsp3) is 0.0833. The molecule has 0 aliphatic rings. The van der Waals surface area contributed by atoms with Crippen LogP contribution in [0.25, 0.3) is 22.4 Å². The Morgan fingerprint density at radius 1 is 1.21 bits per heavy atom. The molecule has 0 saturated carbocycles. The van der Waals surface area contributed by atoms with Crippen molar-refractivity contribution in [1.29, 1.82) is 0 Å². The highest BCUT2D eigenvalue weighted by Crippen LogP contribution is 2.33. The number of rotatable bonds is 1. The number of hydrogen-bond acceptors (Lipinski definition) is 3. The van der Waals surface area contributed by atoms with Gasteiger partial charge in [-0.05, 0) is 18.2 Å². The lowest BCUT2D eigenvalue weighted by Crippen LogP contribution is -2.03. The number of aromatic nitrogens is 2. The summed E-state index contributed by atoms with van der Waals surface area (Å²) in [6.45, 7) is 0. The molecule has 0 spiro atoms. The van der Waals surface area contributed by atoms with Crippen LogP contribution < -0.4 is 5.73 Å². The molecule has 0 atom stereocenters. The first-order valence-electron chi connectivity index (χ1n) is 5.35. The fourth-order valence-electron chi connectivity index (χ4n) is 1.88. The maximum Gasteiger partial charge on any atom is 0.416 e. The molecule has 19 heavy (non-hydrogen) atoms. The molecule has 7 heteroatoms. The van der Waals surface area contributed by atoms with Crippen molar-refractivity contribution in [1.82, 2.24) is 10.1 Å². The summed E-state index contributed by atoms with van der Waals surface area (Å²) in [7, 11) is 0. The molecule has 0 aliphatic heterocycles. The number of aromatic amines is 1. The molecule has 0 unspecified atom stereocenters. The van der Waals surface area contributed by atoms with Gasteiger partial charge in [0.05, 0.1) is 17.5 Å². The van der Waals surface area contributed by atoms with E-state index in [1.165, 1.54) is 12.3 Å². The molecule has 0 bridgehead atoms. The van der Waals surface area contributed by atoms with Crippen molar-refractivity contribution in [2.75, 3.05) is 5.73 Å². The summed E-state index contributed by atoms with van der Waals surface area (Å²) in [4.78, 5) is 2.84. The van der Waals surface area contributed by atoms with Crippen LogP contribution in [0.3, 0.4) is 0 Å². The summed E-state index contributed by atoms with van der Waals surface area (Å²) in [5.41, 5.74) is 6.10. The van der Waals surface area contributed by atoms with Crippen molar-refractivity contribution in [3.05, 3.63) is 36.0 Å². The number of benzene rings is 1. The molecule has 2 heterocycles. The molecule has 0 radical (unpaired) electrons. The number of nitrogens with two attached hydrogens (primary N) is 1. The van der Waals surface area contributed by atoms with Gasteiger partial charge in [0.2, 0.25) is 5.76 Å². The quantitative estimate of drug-likeness (QED) is 0.709. The number of nitrogen functional groups attached to an aromatic ring is 1.